The number of ether oxygens (including phenoxy) is 2. The molecule has 0 aromatic rings. The summed E-state index contributed by atoms with van der Waals surface area (Å²) >= 11 is 0. The van der Waals surface area contributed by atoms with Crippen LogP contribution in [0.1, 0.15) is 27.7 Å². The Hall–Kier alpha value is -0.830. The number of carbonyl (C=O) groups excluding carboxylic acids is 1. The number of hydrogen-bond donors (Lipinski definition) is 0. The van der Waals surface area contributed by atoms with Crippen LogP contribution in [0.2, 0.25) is 0 Å². The Bertz CT molecular complexity index is 185. The van der Waals surface area contributed by atoms with E-state index in [0.717, 1.165) is 0 Å². The minimum absolute atomic E-state index is 0.0330. The van der Waals surface area contributed by atoms with Gasteiger partial charge in [-0.1, -0.05) is 0 Å². The predicted octanol–water partition coefficient (Wildman–Crippen LogP) is 1.92. The van der Waals surface area contributed by atoms with Crippen LogP contribution in [-0.4, -0.2) is 25.3 Å². The van der Waals surface area contributed by atoms with Gasteiger partial charge in [-0.05, 0) is 33.8 Å². The van der Waals surface area contributed by atoms with Crippen LogP contribution in [0.4, 0.5) is 0 Å². The molecular formula is C10H18O3. The van der Waals surface area contributed by atoms with Gasteiger partial charge in [0.15, 0.2) is 0 Å². The highest BCUT2D eigenvalue weighted by Crippen LogP contribution is 2.01. The van der Waals surface area contributed by atoms with Gasteiger partial charge in [0.1, 0.15) is 0 Å². The molecule has 0 radical (unpaired) electrons. The minimum Gasteiger partial charge on any atom is -0.463 e. The molecule has 0 saturated heterocycles. The summed E-state index contributed by atoms with van der Waals surface area (Å²) < 4.78 is 10.1. The Morgan fingerprint density at radius 3 is 2.46 bits per heavy atom. The fraction of sp³-hybridized carbons (Fsp3) is 0.700. The summed E-state index contributed by atoms with van der Waals surface area (Å²) in [7, 11) is 0. The molecule has 0 aromatic heterocycles. The summed E-state index contributed by atoms with van der Waals surface area (Å²) in [6, 6.07) is 0. The standard InChI is InChI=1S/C10H18O3/c1-5-12-9(4)7-8(3)10(11)13-6-2/h7,9H,5-6H2,1-4H3/b8-7+/t9-/m0/s1. The van der Waals surface area contributed by atoms with Gasteiger partial charge in [0.05, 0.1) is 12.7 Å². The minimum atomic E-state index is -0.269. The second-order valence-corrected chi connectivity index (χ2v) is 2.73. The lowest BCUT2D eigenvalue weighted by molar-refractivity contribution is -0.138. The van der Waals surface area contributed by atoms with Gasteiger partial charge in [0.25, 0.3) is 0 Å². The highest BCUT2D eigenvalue weighted by atomic mass is 16.5. The molecule has 13 heavy (non-hydrogen) atoms. The van der Waals surface area contributed by atoms with E-state index in [9.17, 15) is 4.79 Å². The maximum atomic E-state index is 11.1. The molecule has 0 N–H and O–H groups in total. The second kappa shape index (κ2) is 6.66. The monoisotopic (exact) mass is 186 g/mol. The molecule has 0 aliphatic rings. The first-order chi connectivity index (χ1) is 6.11. The van der Waals surface area contributed by atoms with Gasteiger partial charge < -0.3 is 9.47 Å². The van der Waals surface area contributed by atoms with Crippen molar-refractivity contribution in [1.82, 2.24) is 0 Å². The average Bonchev–Trinajstić information content (AvgIpc) is 2.05. The molecule has 0 fully saturated rings. The highest BCUT2D eigenvalue weighted by molar-refractivity contribution is 5.87. The van der Waals surface area contributed by atoms with Gasteiger partial charge in [0, 0.05) is 12.2 Å². The molecule has 3 nitrogen and oxygen atoms in total. The molecule has 0 spiro atoms. The zero-order valence-electron chi connectivity index (χ0n) is 8.79. The van der Waals surface area contributed by atoms with E-state index in [1.54, 1.807) is 19.9 Å². The fourth-order valence-electron chi connectivity index (χ4n) is 0.976. The van der Waals surface area contributed by atoms with Crippen molar-refractivity contribution >= 4 is 5.97 Å². The van der Waals surface area contributed by atoms with Crippen LogP contribution >= 0.6 is 0 Å². The summed E-state index contributed by atoms with van der Waals surface area (Å²) in [5.74, 6) is -0.269. The number of hydrogen-bond acceptors (Lipinski definition) is 3. The molecule has 76 valence electrons. The van der Waals surface area contributed by atoms with E-state index in [0.29, 0.717) is 18.8 Å². The second-order valence-electron chi connectivity index (χ2n) is 2.73. The summed E-state index contributed by atoms with van der Waals surface area (Å²) in [4.78, 5) is 11.1. The van der Waals surface area contributed by atoms with E-state index in [4.69, 9.17) is 9.47 Å². The van der Waals surface area contributed by atoms with Crippen molar-refractivity contribution in [3.05, 3.63) is 11.6 Å². The maximum absolute atomic E-state index is 11.1. The van der Waals surface area contributed by atoms with Crippen LogP contribution in [0.25, 0.3) is 0 Å². The van der Waals surface area contributed by atoms with E-state index in [1.807, 2.05) is 13.8 Å². The van der Waals surface area contributed by atoms with Crippen LogP contribution in [0.3, 0.4) is 0 Å². The lowest BCUT2D eigenvalue weighted by Gasteiger charge is -2.07. The van der Waals surface area contributed by atoms with Gasteiger partial charge in [0.2, 0.25) is 0 Å². The lowest BCUT2D eigenvalue weighted by atomic mass is 10.2. The average molecular weight is 186 g/mol. The van der Waals surface area contributed by atoms with Gasteiger partial charge in [-0.2, -0.15) is 0 Å². The zero-order valence-corrected chi connectivity index (χ0v) is 8.79. The van der Waals surface area contributed by atoms with E-state index in [-0.39, 0.29) is 12.1 Å². The van der Waals surface area contributed by atoms with Gasteiger partial charge in [-0.3, -0.25) is 0 Å². The van der Waals surface area contributed by atoms with Gasteiger partial charge in [-0.25, -0.2) is 4.79 Å². The molecule has 0 rings (SSSR count). The van der Waals surface area contributed by atoms with E-state index in [2.05, 4.69) is 0 Å². The topological polar surface area (TPSA) is 35.5 Å². The summed E-state index contributed by atoms with van der Waals surface area (Å²) in [6.45, 7) is 8.39. The van der Waals surface area contributed by atoms with Gasteiger partial charge in [-0.15, -0.1) is 0 Å². The van der Waals surface area contributed by atoms with Crippen molar-refractivity contribution < 1.29 is 14.3 Å². The van der Waals surface area contributed by atoms with E-state index in [1.165, 1.54) is 0 Å². The summed E-state index contributed by atoms with van der Waals surface area (Å²) in [5.41, 5.74) is 0.600. The molecule has 0 saturated carbocycles. The van der Waals surface area contributed by atoms with Crippen molar-refractivity contribution in [2.45, 2.75) is 33.8 Å². The highest BCUT2D eigenvalue weighted by Gasteiger charge is 2.06. The number of esters is 1. The molecule has 1 atom stereocenters. The van der Waals surface area contributed by atoms with Crippen LogP contribution in [0.15, 0.2) is 11.6 Å². The zero-order chi connectivity index (χ0) is 10.3. The molecule has 0 aromatic carbocycles. The van der Waals surface area contributed by atoms with Crippen LogP contribution in [-0.2, 0) is 14.3 Å². The largest absolute Gasteiger partial charge is 0.463 e. The molecule has 0 heterocycles. The van der Waals surface area contributed by atoms with E-state index >= 15 is 0 Å². The molecule has 0 unspecified atom stereocenters. The van der Waals surface area contributed by atoms with Crippen molar-refractivity contribution in [3.63, 3.8) is 0 Å². The van der Waals surface area contributed by atoms with Crippen LogP contribution in [0.5, 0.6) is 0 Å². The lowest BCUT2D eigenvalue weighted by Crippen LogP contribution is -2.10. The Kier molecular flexibility index (Phi) is 6.24. The first kappa shape index (κ1) is 12.2. The first-order valence-corrected chi connectivity index (χ1v) is 4.58. The summed E-state index contributed by atoms with van der Waals surface area (Å²) in [5, 5.41) is 0. The normalized spacial score (nSPS) is 14.0. The predicted molar refractivity (Wildman–Crippen MR) is 51.5 cm³/mol. The van der Waals surface area contributed by atoms with Crippen molar-refractivity contribution in [2.24, 2.45) is 0 Å². The number of carbonyl (C=O) groups is 1. The fourth-order valence-corrected chi connectivity index (χ4v) is 0.976. The smallest absolute Gasteiger partial charge is 0.333 e. The Morgan fingerprint density at radius 2 is 2.00 bits per heavy atom. The maximum Gasteiger partial charge on any atom is 0.333 e. The first-order valence-electron chi connectivity index (χ1n) is 4.58. The molecule has 0 bridgehead atoms. The van der Waals surface area contributed by atoms with E-state index < -0.39 is 0 Å². The Labute approximate surface area is 79.7 Å². The quantitative estimate of drug-likeness (QED) is 0.486. The number of rotatable bonds is 5. The molecule has 0 aliphatic carbocycles. The van der Waals surface area contributed by atoms with Crippen molar-refractivity contribution in [2.75, 3.05) is 13.2 Å². The third kappa shape index (κ3) is 5.42. The van der Waals surface area contributed by atoms with Crippen LogP contribution < -0.4 is 0 Å². The molecule has 3 heteroatoms. The van der Waals surface area contributed by atoms with Crippen molar-refractivity contribution in [3.8, 4) is 0 Å². The Balaban J connectivity index is 4.06. The molecule has 0 amide bonds. The SMILES string of the molecule is CCOC(=O)/C(C)=C/[C@H](C)OCC. The van der Waals surface area contributed by atoms with Crippen molar-refractivity contribution in [1.29, 1.82) is 0 Å². The Morgan fingerprint density at radius 1 is 1.38 bits per heavy atom. The summed E-state index contributed by atoms with van der Waals surface area (Å²) in [6.07, 6.45) is 1.73. The molecule has 0 aliphatic heterocycles. The third-order valence-corrected chi connectivity index (χ3v) is 1.51. The molecular weight excluding hydrogens is 168 g/mol. The van der Waals surface area contributed by atoms with Crippen LogP contribution in [0, 0.1) is 0 Å². The van der Waals surface area contributed by atoms with Gasteiger partial charge >= 0.3 is 5.97 Å². The third-order valence-electron chi connectivity index (χ3n) is 1.51.